The van der Waals surface area contributed by atoms with Gasteiger partial charge in [0.25, 0.3) is 0 Å². The molecule has 0 aliphatic heterocycles. The predicted molar refractivity (Wildman–Crippen MR) is 114 cm³/mol. The lowest BCUT2D eigenvalue weighted by Gasteiger charge is -2.09. The van der Waals surface area contributed by atoms with E-state index in [4.69, 9.17) is 4.42 Å². The maximum atomic E-state index is 12.1. The second kappa shape index (κ2) is 8.96. The fourth-order valence-electron chi connectivity index (χ4n) is 3.27. The van der Waals surface area contributed by atoms with E-state index in [0.717, 1.165) is 23.3 Å². The van der Waals surface area contributed by atoms with Gasteiger partial charge in [-0.05, 0) is 35.4 Å². The number of benzene rings is 2. The van der Waals surface area contributed by atoms with Crippen molar-refractivity contribution in [2.24, 2.45) is 0 Å². The molecule has 0 fully saturated rings. The molecule has 1 amide bonds. The topological polar surface area (TPSA) is 73.0 Å². The summed E-state index contributed by atoms with van der Waals surface area (Å²) in [7, 11) is 0. The van der Waals surface area contributed by atoms with Crippen molar-refractivity contribution in [1.82, 2.24) is 20.1 Å². The number of nitrogens with zero attached hydrogens (tertiary/aromatic N) is 3. The van der Waals surface area contributed by atoms with E-state index >= 15 is 0 Å². The van der Waals surface area contributed by atoms with Crippen molar-refractivity contribution < 1.29 is 9.21 Å². The van der Waals surface area contributed by atoms with E-state index in [1.807, 2.05) is 12.1 Å². The molecule has 4 aromatic rings. The van der Waals surface area contributed by atoms with Crippen molar-refractivity contribution in [3.8, 4) is 0 Å². The molecule has 0 aliphatic carbocycles. The molecule has 0 atom stereocenters. The van der Waals surface area contributed by atoms with E-state index in [9.17, 15) is 4.79 Å². The lowest BCUT2D eigenvalue weighted by Crippen LogP contribution is -2.24. The molecule has 0 saturated heterocycles. The number of carbonyl (C=O) groups excluding carboxylic acids is 1. The van der Waals surface area contributed by atoms with Crippen LogP contribution in [0.3, 0.4) is 0 Å². The van der Waals surface area contributed by atoms with Gasteiger partial charge in [-0.25, -0.2) is 0 Å². The fourth-order valence-corrected chi connectivity index (χ4v) is 4.12. The first kappa shape index (κ1) is 19.3. The minimum absolute atomic E-state index is 0.0624. The van der Waals surface area contributed by atoms with Gasteiger partial charge in [0.05, 0.1) is 18.6 Å². The lowest BCUT2D eigenvalue weighted by atomic mass is 10.0. The molecule has 2 aromatic heterocycles. The van der Waals surface area contributed by atoms with Gasteiger partial charge >= 0.3 is 0 Å². The summed E-state index contributed by atoms with van der Waals surface area (Å²) in [6.07, 6.45) is 2.30. The van der Waals surface area contributed by atoms with E-state index in [-0.39, 0.29) is 11.7 Å². The molecular formula is C22H22N4O2S. The van der Waals surface area contributed by atoms with Crippen molar-refractivity contribution in [3.05, 3.63) is 78.0 Å². The van der Waals surface area contributed by atoms with Crippen LogP contribution in [0.1, 0.15) is 24.1 Å². The molecule has 0 radical (unpaired) electrons. The molecule has 2 heterocycles. The molecule has 2 aromatic carbocycles. The summed E-state index contributed by atoms with van der Waals surface area (Å²) in [5, 5.41) is 14.8. The molecule has 4 rings (SSSR count). The van der Waals surface area contributed by atoms with Gasteiger partial charge in [-0.2, -0.15) is 0 Å². The van der Waals surface area contributed by atoms with Crippen LogP contribution in [0.25, 0.3) is 10.8 Å². The quantitative estimate of drug-likeness (QED) is 0.447. The third kappa shape index (κ3) is 4.51. The number of thioether (sulfide) groups is 1. The van der Waals surface area contributed by atoms with Crippen LogP contribution in [0.15, 0.2) is 70.4 Å². The Hall–Kier alpha value is -3.06. The number of furan rings is 1. The van der Waals surface area contributed by atoms with Crippen LogP contribution >= 0.6 is 11.8 Å². The van der Waals surface area contributed by atoms with Gasteiger partial charge < -0.3 is 14.3 Å². The molecule has 148 valence electrons. The molecule has 7 heteroatoms. The molecule has 1 N–H and O–H groups in total. The average Bonchev–Trinajstić information content (AvgIpc) is 3.40. The van der Waals surface area contributed by atoms with Gasteiger partial charge in [0.2, 0.25) is 5.91 Å². The monoisotopic (exact) mass is 406 g/mol. The summed E-state index contributed by atoms with van der Waals surface area (Å²) in [4.78, 5) is 12.1. The van der Waals surface area contributed by atoms with Gasteiger partial charge in [0.15, 0.2) is 5.16 Å². The second-order valence-corrected chi connectivity index (χ2v) is 7.55. The molecule has 0 spiro atoms. The van der Waals surface area contributed by atoms with Gasteiger partial charge in [-0.15, -0.1) is 10.2 Å². The van der Waals surface area contributed by atoms with Crippen molar-refractivity contribution >= 4 is 28.4 Å². The molecule has 0 saturated carbocycles. The minimum atomic E-state index is -0.0624. The Morgan fingerprint density at radius 3 is 2.79 bits per heavy atom. The zero-order valence-electron chi connectivity index (χ0n) is 16.2. The van der Waals surface area contributed by atoms with Crippen LogP contribution in [-0.4, -0.2) is 26.4 Å². The maximum Gasteiger partial charge on any atom is 0.230 e. The highest BCUT2D eigenvalue weighted by Crippen LogP contribution is 2.23. The largest absolute Gasteiger partial charge is 0.467 e. The summed E-state index contributed by atoms with van der Waals surface area (Å²) in [6, 6.07) is 18.3. The van der Waals surface area contributed by atoms with Crippen molar-refractivity contribution in [2.45, 2.75) is 31.6 Å². The van der Waals surface area contributed by atoms with Gasteiger partial charge in [0, 0.05) is 13.0 Å². The van der Waals surface area contributed by atoms with Crippen molar-refractivity contribution in [1.29, 1.82) is 0 Å². The number of rotatable bonds is 8. The minimum Gasteiger partial charge on any atom is -0.467 e. The average molecular weight is 407 g/mol. The van der Waals surface area contributed by atoms with Crippen LogP contribution in [-0.2, 0) is 24.3 Å². The normalized spacial score (nSPS) is 11.1. The van der Waals surface area contributed by atoms with Gasteiger partial charge in [-0.3, -0.25) is 4.79 Å². The number of aromatic nitrogens is 3. The first-order chi connectivity index (χ1) is 14.2. The molecule has 0 aliphatic rings. The van der Waals surface area contributed by atoms with Crippen LogP contribution in [0.4, 0.5) is 0 Å². The number of nitrogens with one attached hydrogen (secondary N) is 1. The highest BCUT2D eigenvalue weighted by atomic mass is 32.2. The molecule has 6 nitrogen and oxygen atoms in total. The third-order valence-corrected chi connectivity index (χ3v) is 5.68. The Kier molecular flexibility index (Phi) is 5.95. The van der Waals surface area contributed by atoms with E-state index in [1.54, 1.807) is 12.3 Å². The first-order valence-electron chi connectivity index (χ1n) is 9.55. The SMILES string of the molecule is CCn1c(Cc2cccc3ccccc23)nnc1SCC(=O)NCc1ccco1. The third-order valence-electron chi connectivity index (χ3n) is 4.71. The van der Waals surface area contributed by atoms with Crippen molar-refractivity contribution in [2.75, 3.05) is 5.75 Å². The van der Waals surface area contributed by atoms with Gasteiger partial charge in [-0.1, -0.05) is 54.2 Å². The standard InChI is InChI=1S/C22H22N4O2S/c1-2-26-20(13-17-9-5-8-16-7-3-4-11-19(16)17)24-25-22(26)29-15-21(27)23-14-18-10-6-12-28-18/h3-12H,2,13-15H2,1H3,(H,23,27). The molecule has 0 bridgehead atoms. The molecule has 0 unspecified atom stereocenters. The maximum absolute atomic E-state index is 12.1. The summed E-state index contributed by atoms with van der Waals surface area (Å²) in [5.74, 6) is 1.86. The fraction of sp³-hybridized carbons (Fsp3) is 0.227. The number of carbonyl (C=O) groups is 1. The summed E-state index contributed by atoms with van der Waals surface area (Å²) in [5.41, 5.74) is 1.22. The highest BCUT2D eigenvalue weighted by Gasteiger charge is 2.14. The zero-order chi connectivity index (χ0) is 20.1. The van der Waals surface area contributed by atoms with E-state index in [1.165, 1.54) is 28.1 Å². The van der Waals surface area contributed by atoms with E-state index in [0.29, 0.717) is 13.0 Å². The van der Waals surface area contributed by atoms with Crippen LogP contribution in [0, 0.1) is 0 Å². The summed E-state index contributed by atoms with van der Waals surface area (Å²) < 4.78 is 7.30. The Morgan fingerprint density at radius 1 is 1.10 bits per heavy atom. The number of amides is 1. The van der Waals surface area contributed by atoms with Crippen LogP contribution < -0.4 is 5.32 Å². The summed E-state index contributed by atoms with van der Waals surface area (Å²) >= 11 is 1.40. The van der Waals surface area contributed by atoms with E-state index < -0.39 is 0 Å². The Morgan fingerprint density at radius 2 is 1.97 bits per heavy atom. The predicted octanol–water partition coefficient (Wildman–Crippen LogP) is 4.04. The van der Waals surface area contributed by atoms with Crippen LogP contribution in [0.2, 0.25) is 0 Å². The zero-order valence-corrected chi connectivity index (χ0v) is 17.0. The lowest BCUT2D eigenvalue weighted by molar-refractivity contribution is -0.118. The highest BCUT2D eigenvalue weighted by molar-refractivity contribution is 7.99. The summed E-state index contributed by atoms with van der Waals surface area (Å²) in [6.45, 7) is 3.21. The Balaban J connectivity index is 1.43. The van der Waals surface area contributed by atoms with Crippen molar-refractivity contribution in [3.63, 3.8) is 0 Å². The molecular weight excluding hydrogens is 384 g/mol. The number of hydrogen-bond acceptors (Lipinski definition) is 5. The Labute approximate surface area is 173 Å². The first-order valence-corrected chi connectivity index (χ1v) is 10.5. The molecule has 29 heavy (non-hydrogen) atoms. The second-order valence-electron chi connectivity index (χ2n) is 6.60. The van der Waals surface area contributed by atoms with E-state index in [2.05, 4.69) is 63.4 Å². The number of hydrogen-bond donors (Lipinski definition) is 1. The van der Waals surface area contributed by atoms with Gasteiger partial charge in [0.1, 0.15) is 11.6 Å². The Bertz CT molecular complexity index is 1100. The van der Waals surface area contributed by atoms with Crippen LogP contribution in [0.5, 0.6) is 0 Å². The smallest absolute Gasteiger partial charge is 0.230 e. The number of fused-ring (bicyclic) bond motifs is 1.